The normalized spacial score (nSPS) is 15.0. The van der Waals surface area contributed by atoms with Crippen molar-refractivity contribution in [1.29, 1.82) is 5.26 Å². The van der Waals surface area contributed by atoms with Crippen LogP contribution in [0, 0.1) is 11.3 Å². The Kier molecular flexibility index (Phi) is 5.64. The van der Waals surface area contributed by atoms with E-state index >= 15 is 0 Å². The number of carbonyl (C=O) groups is 1. The Labute approximate surface area is 151 Å². The van der Waals surface area contributed by atoms with E-state index in [9.17, 15) is 10.1 Å². The molecule has 0 N–H and O–H groups in total. The Bertz CT molecular complexity index is 775. The third-order valence-electron chi connectivity index (χ3n) is 4.12. The number of ether oxygens (including phenoxy) is 1. The van der Waals surface area contributed by atoms with Crippen molar-refractivity contribution in [3.8, 4) is 6.07 Å². The highest BCUT2D eigenvalue weighted by atomic mass is 32.1. The molecule has 25 heavy (non-hydrogen) atoms. The molecule has 2 aromatic rings. The zero-order chi connectivity index (χ0) is 17.6. The van der Waals surface area contributed by atoms with Crippen LogP contribution in [0.4, 0.5) is 5.69 Å². The summed E-state index contributed by atoms with van der Waals surface area (Å²) in [5, 5.41) is 11.6. The first-order chi connectivity index (χ1) is 12.2. The van der Waals surface area contributed by atoms with Crippen LogP contribution in [-0.4, -0.2) is 48.6 Å². The lowest BCUT2D eigenvalue weighted by molar-refractivity contribution is 0.0525. The van der Waals surface area contributed by atoms with Crippen LogP contribution >= 0.6 is 11.3 Å². The van der Waals surface area contributed by atoms with Gasteiger partial charge in [-0.05, 0) is 19.1 Å². The molecule has 7 heteroatoms. The number of carbonyl (C=O) groups excluding carboxylic acids is 1. The first-order valence-corrected chi connectivity index (χ1v) is 9.17. The summed E-state index contributed by atoms with van der Waals surface area (Å²) in [6.45, 7) is 6.40. The molecule has 0 unspecified atom stereocenters. The molecule has 1 aliphatic rings. The van der Waals surface area contributed by atoms with Crippen LogP contribution < -0.4 is 4.90 Å². The van der Waals surface area contributed by atoms with Crippen LogP contribution in [0.15, 0.2) is 29.6 Å². The van der Waals surface area contributed by atoms with Crippen LogP contribution in [0.1, 0.15) is 28.0 Å². The van der Waals surface area contributed by atoms with Crippen molar-refractivity contribution < 1.29 is 9.53 Å². The molecule has 0 saturated carbocycles. The molecule has 0 aliphatic carbocycles. The lowest BCUT2D eigenvalue weighted by Crippen LogP contribution is -2.46. The fourth-order valence-corrected chi connectivity index (χ4v) is 3.59. The third kappa shape index (κ3) is 4.16. The number of nitriles is 1. The minimum atomic E-state index is -0.350. The van der Waals surface area contributed by atoms with Gasteiger partial charge >= 0.3 is 5.97 Å². The zero-order valence-corrected chi connectivity index (χ0v) is 15.0. The van der Waals surface area contributed by atoms with Gasteiger partial charge in [0, 0.05) is 38.1 Å². The number of anilines is 1. The minimum Gasteiger partial charge on any atom is -0.461 e. The van der Waals surface area contributed by atoms with Gasteiger partial charge in [-0.2, -0.15) is 5.26 Å². The fraction of sp³-hybridized carbons (Fsp3) is 0.389. The largest absolute Gasteiger partial charge is 0.461 e. The summed E-state index contributed by atoms with van der Waals surface area (Å²) in [5.41, 5.74) is 2.62. The van der Waals surface area contributed by atoms with Crippen LogP contribution in [-0.2, 0) is 11.3 Å². The van der Waals surface area contributed by atoms with E-state index in [2.05, 4.69) is 20.9 Å². The van der Waals surface area contributed by atoms with E-state index in [-0.39, 0.29) is 5.97 Å². The number of hydrogen-bond acceptors (Lipinski definition) is 7. The molecule has 2 heterocycles. The quantitative estimate of drug-likeness (QED) is 0.767. The van der Waals surface area contributed by atoms with Gasteiger partial charge in [-0.15, -0.1) is 11.3 Å². The number of thiazole rings is 1. The van der Waals surface area contributed by atoms with Gasteiger partial charge in [-0.1, -0.05) is 12.1 Å². The molecule has 0 radical (unpaired) electrons. The third-order valence-corrected chi connectivity index (χ3v) is 5.00. The molecular formula is C18H20N4O2S. The van der Waals surface area contributed by atoms with Crippen LogP contribution in [0.2, 0.25) is 0 Å². The predicted octanol–water partition coefficient (Wildman–Crippen LogP) is 2.51. The number of aromatic nitrogens is 1. The summed E-state index contributed by atoms with van der Waals surface area (Å²) in [7, 11) is 0. The second-order valence-corrected chi connectivity index (χ2v) is 6.61. The molecule has 1 aromatic carbocycles. The monoisotopic (exact) mass is 356 g/mol. The molecule has 0 bridgehead atoms. The highest BCUT2D eigenvalue weighted by Gasteiger charge is 2.20. The van der Waals surface area contributed by atoms with Gasteiger partial charge in [0.05, 0.1) is 23.6 Å². The number of benzene rings is 1. The van der Waals surface area contributed by atoms with Crippen LogP contribution in [0.25, 0.3) is 0 Å². The summed E-state index contributed by atoms with van der Waals surface area (Å²) in [6, 6.07) is 9.97. The second-order valence-electron chi connectivity index (χ2n) is 5.76. The lowest BCUT2D eigenvalue weighted by atomic mass is 10.1. The van der Waals surface area contributed by atoms with E-state index in [1.165, 1.54) is 11.3 Å². The summed E-state index contributed by atoms with van der Waals surface area (Å²) in [4.78, 5) is 20.6. The van der Waals surface area contributed by atoms with Crippen molar-refractivity contribution in [2.75, 3.05) is 37.7 Å². The number of rotatable bonds is 5. The van der Waals surface area contributed by atoms with Crippen molar-refractivity contribution >= 4 is 23.0 Å². The molecular weight excluding hydrogens is 336 g/mol. The first kappa shape index (κ1) is 17.4. The molecule has 0 spiro atoms. The number of nitrogens with zero attached hydrogens (tertiary/aromatic N) is 4. The Balaban J connectivity index is 1.56. The molecule has 1 fully saturated rings. The highest BCUT2D eigenvalue weighted by Crippen LogP contribution is 2.22. The number of piperazine rings is 1. The number of para-hydroxylation sites is 1. The summed E-state index contributed by atoms with van der Waals surface area (Å²) in [6.07, 6.45) is 0. The van der Waals surface area contributed by atoms with Crippen molar-refractivity contribution in [2.45, 2.75) is 13.5 Å². The summed E-state index contributed by atoms with van der Waals surface area (Å²) < 4.78 is 4.98. The van der Waals surface area contributed by atoms with Crippen molar-refractivity contribution in [2.24, 2.45) is 0 Å². The van der Waals surface area contributed by atoms with E-state index in [0.717, 1.165) is 49.7 Å². The maximum Gasteiger partial charge on any atom is 0.367 e. The van der Waals surface area contributed by atoms with E-state index in [4.69, 9.17) is 4.74 Å². The molecule has 130 valence electrons. The average molecular weight is 356 g/mol. The Morgan fingerprint density at radius 2 is 2.08 bits per heavy atom. The second kappa shape index (κ2) is 8.10. The molecule has 1 aromatic heterocycles. The van der Waals surface area contributed by atoms with Crippen LogP contribution in [0.5, 0.6) is 0 Å². The lowest BCUT2D eigenvalue weighted by Gasteiger charge is -2.36. The molecule has 1 saturated heterocycles. The maximum atomic E-state index is 11.7. The SMILES string of the molecule is CCOC(=O)c1nc(CN2CCN(c3ccccc3C#N)CC2)cs1. The van der Waals surface area contributed by atoms with Crippen molar-refractivity contribution in [3.63, 3.8) is 0 Å². The van der Waals surface area contributed by atoms with Gasteiger partial charge < -0.3 is 9.64 Å². The molecule has 0 atom stereocenters. The highest BCUT2D eigenvalue weighted by molar-refractivity contribution is 7.11. The van der Waals surface area contributed by atoms with Crippen molar-refractivity contribution in [3.05, 3.63) is 45.9 Å². The summed E-state index contributed by atoms with van der Waals surface area (Å²) >= 11 is 1.33. The van der Waals surface area contributed by atoms with Gasteiger partial charge in [0.1, 0.15) is 6.07 Å². The van der Waals surface area contributed by atoms with E-state index in [1.54, 1.807) is 6.92 Å². The Hall–Kier alpha value is -2.43. The Morgan fingerprint density at radius 1 is 1.32 bits per heavy atom. The molecule has 0 amide bonds. The zero-order valence-electron chi connectivity index (χ0n) is 14.1. The Morgan fingerprint density at radius 3 is 2.80 bits per heavy atom. The van der Waals surface area contributed by atoms with E-state index in [0.29, 0.717) is 11.6 Å². The summed E-state index contributed by atoms with van der Waals surface area (Å²) in [5.74, 6) is -0.350. The minimum absolute atomic E-state index is 0.350. The van der Waals surface area contributed by atoms with Gasteiger partial charge in [0.25, 0.3) is 0 Å². The molecule has 1 aliphatic heterocycles. The van der Waals surface area contributed by atoms with Gasteiger partial charge in [-0.3, -0.25) is 4.90 Å². The molecule has 6 nitrogen and oxygen atoms in total. The average Bonchev–Trinajstić information content (AvgIpc) is 3.11. The van der Waals surface area contributed by atoms with Gasteiger partial charge in [-0.25, -0.2) is 9.78 Å². The predicted molar refractivity (Wildman–Crippen MR) is 96.7 cm³/mol. The number of esters is 1. The van der Waals surface area contributed by atoms with E-state index < -0.39 is 0 Å². The first-order valence-electron chi connectivity index (χ1n) is 8.29. The van der Waals surface area contributed by atoms with E-state index in [1.807, 2.05) is 29.6 Å². The standard InChI is InChI=1S/C18H20N4O2S/c1-2-24-18(23)17-20-15(13-25-17)12-21-7-9-22(10-8-21)16-6-4-3-5-14(16)11-19/h3-6,13H,2,7-10,12H2,1H3. The van der Waals surface area contributed by atoms with Crippen molar-refractivity contribution in [1.82, 2.24) is 9.88 Å². The topological polar surface area (TPSA) is 69.5 Å². The fourth-order valence-electron chi connectivity index (χ4n) is 2.89. The molecule has 3 rings (SSSR count). The van der Waals surface area contributed by atoms with Crippen LogP contribution in [0.3, 0.4) is 0 Å². The van der Waals surface area contributed by atoms with Gasteiger partial charge in [0.15, 0.2) is 0 Å². The van der Waals surface area contributed by atoms with Gasteiger partial charge in [0.2, 0.25) is 5.01 Å². The maximum absolute atomic E-state index is 11.7. The number of hydrogen-bond donors (Lipinski definition) is 0. The smallest absolute Gasteiger partial charge is 0.367 e.